The molecule has 5 heteroatoms. The highest BCUT2D eigenvalue weighted by Crippen LogP contribution is 2.25. The van der Waals surface area contributed by atoms with Gasteiger partial charge in [-0.1, -0.05) is 42.5 Å². The van der Waals surface area contributed by atoms with Crippen molar-refractivity contribution in [2.75, 3.05) is 18.4 Å². The maximum atomic E-state index is 12.8. The first-order valence-corrected chi connectivity index (χ1v) is 9.52. The summed E-state index contributed by atoms with van der Waals surface area (Å²) in [6.45, 7) is 3.64. The van der Waals surface area contributed by atoms with Crippen molar-refractivity contribution in [3.8, 4) is 0 Å². The number of carbonyl (C=O) groups is 1. The highest BCUT2D eigenvalue weighted by Gasteiger charge is 2.31. The molecule has 4 rings (SSSR count). The van der Waals surface area contributed by atoms with Gasteiger partial charge in [0, 0.05) is 18.5 Å². The number of anilines is 1. The molecule has 2 heterocycles. The second-order valence-corrected chi connectivity index (χ2v) is 7.09. The maximum absolute atomic E-state index is 12.8. The van der Waals surface area contributed by atoms with Crippen LogP contribution in [0.3, 0.4) is 0 Å². The Morgan fingerprint density at radius 2 is 1.96 bits per heavy atom. The van der Waals surface area contributed by atoms with E-state index >= 15 is 0 Å². The average Bonchev–Trinajstić information content (AvgIpc) is 3.03. The Bertz CT molecular complexity index is 936. The van der Waals surface area contributed by atoms with E-state index in [0.29, 0.717) is 0 Å². The van der Waals surface area contributed by atoms with Crippen LogP contribution >= 0.6 is 0 Å². The first-order valence-electron chi connectivity index (χ1n) is 9.52. The van der Waals surface area contributed by atoms with Crippen LogP contribution in [0.1, 0.15) is 24.0 Å². The van der Waals surface area contributed by atoms with E-state index in [1.807, 2.05) is 36.1 Å². The topological polar surface area (TPSA) is 58.1 Å². The predicted molar refractivity (Wildman–Crippen MR) is 108 cm³/mol. The van der Waals surface area contributed by atoms with E-state index in [2.05, 4.69) is 39.6 Å². The molecule has 1 unspecified atom stereocenters. The van der Waals surface area contributed by atoms with Gasteiger partial charge in [-0.2, -0.15) is 0 Å². The number of hydrogen-bond donors (Lipinski definition) is 1. The summed E-state index contributed by atoms with van der Waals surface area (Å²) in [6, 6.07) is 16.2. The van der Waals surface area contributed by atoms with Gasteiger partial charge in [-0.3, -0.25) is 4.79 Å². The van der Waals surface area contributed by atoms with Gasteiger partial charge in [0.1, 0.15) is 18.2 Å². The summed E-state index contributed by atoms with van der Waals surface area (Å²) in [5.41, 5.74) is 3.33. The summed E-state index contributed by atoms with van der Waals surface area (Å²) >= 11 is 0. The molecule has 27 heavy (non-hydrogen) atoms. The first kappa shape index (κ1) is 17.5. The number of carbonyl (C=O) groups excluding carboxylic acids is 1. The zero-order valence-corrected chi connectivity index (χ0v) is 15.6. The van der Waals surface area contributed by atoms with Gasteiger partial charge in [-0.05, 0) is 43.4 Å². The standard InChI is InChI=1S/C22H24N4O/c1-16-7-5-11-18-20(16)21(24-15-23-18)25-19-12-14-26(22(19)27)13-6-10-17-8-3-2-4-9-17/h2-5,7-9,11,15,19H,6,10,12-14H2,1H3,(H,23,24,25). The molecule has 0 saturated carbocycles. The van der Waals surface area contributed by atoms with Crippen LogP contribution in [0, 0.1) is 6.92 Å². The lowest BCUT2D eigenvalue weighted by Gasteiger charge is -2.18. The Morgan fingerprint density at radius 3 is 2.81 bits per heavy atom. The molecule has 1 N–H and O–H groups in total. The van der Waals surface area contributed by atoms with E-state index in [1.54, 1.807) is 6.33 Å². The van der Waals surface area contributed by atoms with Crippen LogP contribution in [0.15, 0.2) is 54.9 Å². The summed E-state index contributed by atoms with van der Waals surface area (Å²) in [7, 11) is 0. The summed E-state index contributed by atoms with van der Waals surface area (Å²) in [6.07, 6.45) is 4.35. The minimum atomic E-state index is -0.209. The van der Waals surface area contributed by atoms with Gasteiger partial charge < -0.3 is 10.2 Å². The van der Waals surface area contributed by atoms with Gasteiger partial charge in [0.15, 0.2) is 0 Å². The number of aromatic nitrogens is 2. The third kappa shape index (κ3) is 3.77. The van der Waals surface area contributed by atoms with Gasteiger partial charge in [0.05, 0.1) is 5.52 Å². The molecule has 1 atom stereocenters. The minimum Gasteiger partial charge on any atom is -0.358 e. The predicted octanol–water partition coefficient (Wildman–Crippen LogP) is 3.58. The molecule has 2 aromatic carbocycles. The highest BCUT2D eigenvalue weighted by molar-refractivity contribution is 5.94. The average molecular weight is 360 g/mol. The van der Waals surface area contributed by atoms with E-state index < -0.39 is 0 Å². The molecule has 1 aromatic heterocycles. The van der Waals surface area contributed by atoms with Gasteiger partial charge in [0.2, 0.25) is 5.91 Å². The zero-order valence-electron chi connectivity index (χ0n) is 15.6. The second kappa shape index (κ2) is 7.74. The third-order valence-corrected chi connectivity index (χ3v) is 5.22. The van der Waals surface area contributed by atoms with Crippen molar-refractivity contribution in [1.29, 1.82) is 0 Å². The molecule has 5 nitrogen and oxygen atoms in total. The van der Waals surface area contributed by atoms with Crippen LogP contribution in [0.25, 0.3) is 10.9 Å². The Labute approximate surface area is 159 Å². The number of amides is 1. The van der Waals surface area contributed by atoms with Crippen molar-refractivity contribution in [3.63, 3.8) is 0 Å². The normalized spacial score (nSPS) is 16.9. The quantitative estimate of drug-likeness (QED) is 0.730. The number of rotatable bonds is 6. The molecule has 138 valence electrons. The number of fused-ring (bicyclic) bond motifs is 1. The van der Waals surface area contributed by atoms with Gasteiger partial charge in [-0.25, -0.2) is 9.97 Å². The fourth-order valence-electron chi connectivity index (χ4n) is 3.77. The molecule has 1 aliphatic heterocycles. The summed E-state index contributed by atoms with van der Waals surface area (Å²) in [5, 5.41) is 4.37. The van der Waals surface area contributed by atoms with E-state index in [1.165, 1.54) is 5.56 Å². The van der Waals surface area contributed by atoms with Crippen LogP contribution in [0.4, 0.5) is 5.82 Å². The van der Waals surface area contributed by atoms with E-state index in [9.17, 15) is 4.79 Å². The SMILES string of the molecule is Cc1cccc2ncnc(NC3CCN(CCCc4ccccc4)C3=O)c12. The van der Waals surface area contributed by atoms with Crippen molar-refractivity contribution in [3.05, 3.63) is 66.0 Å². The van der Waals surface area contributed by atoms with Gasteiger partial charge in [0.25, 0.3) is 0 Å². The number of likely N-dealkylation sites (tertiary alicyclic amines) is 1. The summed E-state index contributed by atoms with van der Waals surface area (Å²) in [4.78, 5) is 23.5. The van der Waals surface area contributed by atoms with Crippen LogP contribution in [0.5, 0.6) is 0 Å². The highest BCUT2D eigenvalue weighted by atomic mass is 16.2. The number of aryl methyl sites for hydroxylation is 2. The van der Waals surface area contributed by atoms with Crippen molar-refractivity contribution < 1.29 is 4.79 Å². The molecule has 0 radical (unpaired) electrons. The molecular weight excluding hydrogens is 336 g/mol. The summed E-state index contributed by atoms with van der Waals surface area (Å²) < 4.78 is 0. The van der Waals surface area contributed by atoms with Crippen molar-refractivity contribution in [1.82, 2.24) is 14.9 Å². The van der Waals surface area contributed by atoms with E-state index in [0.717, 1.165) is 54.6 Å². The van der Waals surface area contributed by atoms with Crippen LogP contribution in [0.2, 0.25) is 0 Å². The largest absolute Gasteiger partial charge is 0.358 e. The Morgan fingerprint density at radius 1 is 1.11 bits per heavy atom. The maximum Gasteiger partial charge on any atom is 0.245 e. The van der Waals surface area contributed by atoms with Crippen molar-refractivity contribution in [2.24, 2.45) is 0 Å². The second-order valence-electron chi connectivity index (χ2n) is 7.09. The fourth-order valence-corrected chi connectivity index (χ4v) is 3.77. The number of benzene rings is 2. The number of nitrogens with zero attached hydrogens (tertiary/aromatic N) is 3. The fraction of sp³-hybridized carbons (Fsp3) is 0.318. The minimum absolute atomic E-state index is 0.170. The monoisotopic (exact) mass is 360 g/mol. The zero-order chi connectivity index (χ0) is 18.6. The molecule has 0 spiro atoms. The van der Waals surface area contributed by atoms with Crippen LogP contribution in [-0.4, -0.2) is 39.9 Å². The van der Waals surface area contributed by atoms with Crippen molar-refractivity contribution >= 4 is 22.6 Å². The van der Waals surface area contributed by atoms with E-state index in [-0.39, 0.29) is 11.9 Å². The molecular formula is C22H24N4O. The first-order chi connectivity index (χ1) is 13.2. The molecule has 1 fully saturated rings. The molecule has 1 amide bonds. The molecule has 1 saturated heterocycles. The van der Waals surface area contributed by atoms with Crippen molar-refractivity contribution in [2.45, 2.75) is 32.2 Å². The lowest BCUT2D eigenvalue weighted by molar-refractivity contribution is -0.128. The third-order valence-electron chi connectivity index (χ3n) is 5.22. The summed E-state index contributed by atoms with van der Waals surface area (Å²) in [5.74, 6) is 0.922. The molecule has 1 aliphatic rings. The van der Waals surface area contributed by atoms with Gasteiger partial charge in [-0.15, -0.1) is 0 Å². The van der Waals surface area contributed by atoms with E-state index in [4.69, 9.17) is 0 Å². The molecule has 0 bridgehead atoms. The molecule has 3 aromatic rings. The lowest BCUT2D eigenvalue weighted by Crippen LogP contribution is -2.34. The lowest BCUT2D eigenvalue weighted by atomic mass is 10.1. The Balaban J connectivity index is 1.39. The Kier molecular flexibility index (Phi) is 5.01. The molecule has 0 aliphatic carbocycles. The van der Waals surface area contributed by atoms with Gasteiger partial charge >= 0.3 is 0 Å². The van der Waals surface area contributed by atoms with Crippen LogP contribution in [-0.2, 0) is 11.2 Å². The number of hydrogen-bond acceptors (Lipinski definition) is 4. The van der Waals surface area contributed by atoms with Crippen LogP contribution < -0.4 is 5.32 Å². The number of nitrogens with one attached hydrogen (secondary N) is 1. The smallest absolute Gasteiger partial charge is 0.245 e. The Hall–Kier alpha value is -2.95.